The molecule has 3 atom stereocenters. The lowest BCUT2D eigenvalue weighted by atomic mass is 9.91. The van der Waals surface area contributed by atoms with Crippen LogP contribution in [0.2, 0.25) is 0 Å². The maximum atomic E-state index is 12.5. The van der Waals surface area contributed by atoms with Gasteiger partial charge in [-0.1, -0.05) is 0 Å². The van der Waals surface area contributed by atoms with Gasteiger partial charge in [0.1, 0.15) is 5.54 Å². The van der Waals surface area contributed by atoms with E-state index in [0.717, 1.165) is 12.8 Å². The van der Waals surface area contributed by atoms with Crippen molar-refractivity contribution in [2.45, 2.75) is 57.2 Å². The van der Waals surface area contributed by atoms with Gasteiger partial charge < -0.3 is 15.4 Å². The number of rotatable bonds is 1. The Hall–Kier alpha value is -0.610. The summed E-state index contributed by atoms with van der Waals surface area (Å²) < 4.78 is 5.27. The van der Waals surface area contributed by atoms with Gasteiger partial charge in [-0.15, -0.1) is 0 Å². The zero-order chi connectivity index (χ0) is 11.8. The van der Waals surface area contributed by atoms with Crippen molar-refractivity contribution in [1.82, 2.24) is 4.90 Å². The SMILES string of the molecule is CC1CCCC(C)N1C(=O)C1(N)CCOC1. The van der Waals surface area contributed by atoms with E-state index in [1.54, 1.807) is 0 Å². The molecule has 0 aromatic heterocycles. The van der Waals surface area contributed by atoms with E-state index < -0.39 is 5.54 Å². The molecule has 2 saturated heterocycles. The molecule has 4 nitrogen and oxygen atoms in total. The van der Waals surface area contributed by atoms with E-state index in [9.17, 15) is 4.79 Å². The lowest BCUT2D eigenvalue weighted by Gasteiger charge is -2.42. The van der Waals surface area contributed by atoms with Gasteiger partial charge in [-0.3, -0.25) is 4.79 Å². The van der Waals surface area contributed by atoms with Crippen LogP contribution in [0.15, 0.2) is 0 Å². The molecule has 2 rings (SSSR count). The van der Waals surface area contributed by atoms with E-state index >= 15 is 0 Å². The van der Waals surface area contributed by atoms with E-state index in [2.05, 4.69) is 13.8 Å². The molecule has 3 unspecified atom stereocenters. The summed E-state index contributed by atoms with van der Waals surface area (Å²) in [6.07, 6.45) is 4.04. The predicted octanol–water partition coefficient (Wildman–Crippen LogP) is 0.894. The second-order valence-corrected chi connectivity index (χ2v) is 5.30. The first kappa shape index (κ1) is 11.9. The molecule has 4 heteroatoms. The summed E-state index contributed by atoms with van der Waals surface area (Å²) in [6.45, 7) is 5.22. The van der Waals surface area contributed by atoms with Gasteiger partial charge in [0.25, 0.3) is 0 Å². The normalized spacial score (nSPS) is 40.1. The fourth-order valence-corrected chi connectivity index (χ4v) is 2.83. The van der Waals surface area contributed by atoms with E-state index in [-0.39, 0.29) is 5.91 Å². The van der Waals surface area contributed by atoms with Gasteiger partial charge in [-0.2, -0.15) is 0 Å². The summed E-state index contributed by atoms with van der Waals surface area (Å²) in [4.78, 5) is 14.4. The van der Waals surface area contributed by atoms with E-state index in [1.165, 1.54) is 6.42 Å². The van der Waals surface area contributed by atoms with Gasteiger partial charge >= 0.3 is 0 Å². The number of piperidine rings is 1. The zero-order valence-corrected chi connectivity index (χ0v) is 10.2. The molecular formula is C12H22N2O2. The molecule has 0 saturated carbocycles. The molecule has 0 bridgehead atoms. The fourth-order valence-electron chi connectivity index (χ4n) is 2.83. The van der Waals surface area contributed by atoms with Crippen molar-refractivity contribution in [3.63, 3.8) is 0 Å². The number of carbonyl (C=O) groups excluding carboxylic acids is 1. The van der Waals surface area contributed by atoms with Crippen molar-refractivity contribution >= 4 is 5.91 Å². The van der Waals surface area contributed by atoms with Crippen molar-refractivity contribution < 1.29 is 9.53 Å². The van der Waals surface area contributed by atoms with Crippen LogP contribution >= 0.6 is 0 Å². The molecule has 16 heavy (non-hydrogen) atoms. The molecule has 2 fully saturated rings. The third-order valence-corrected chi connectivity index (χ3v) is 3.91. The zero-order valence-electron chi connectivity index (χ0n) is 10.2. The van der Waals surface area contributed by atoms with E-state index in [4.69, 9.17) is 10.5 Å². The molecule has 92 valence electrons. The summed E-state index contributed by atoms with van der Waals surface area (Å²) in [5.74, 6) is 0.0877. The third-order valence-electron chi connectivity index (χ3n) is 3.91. The molecule has 1 amide bonds. The summed E-state index contributed by atoms with van der Waals surface area (Å²) in [6, 6.07) is 0.634. The predicted molar refractivity (Wildman–Crippen MR) is 62.0 cm³/mol. The molecule has 0 aliphatic carbocycles. The highest BCUT2D eigenvalue weighted by molar-refractivity contribution is 5.87. The van der Waals surface area contributed by atoms with Gasteiger partial charge in [-0.25, -0.2) is 0 Å². The third kappa shape index (κ3) is 1.96. The largest absolute Gasteiger partial charge is 0.379 e. The molecule has 0 aromatic rings. The smallest absolute Gasteiger partial charge is 0.245 e. The van der Waals surface area contributed by atoms with Gasteiger partial charge in [0.15, 0.2) is 0 Å². The number of hydrogen-bond donors (Lipinski definition) is 1. The van der Waals surface area contributed by atoms with Crippen molar-refractivity contribution in [2.75, 3.05) is 13.2 Å². The Kier molecular flexibility index (Phi) is 3.22. The van der Waals surface area contributed by atoms with Crippen LogP contribution in [0.3, 0.4) is 0 Å². The summed E-state index contributed by atoms with van der Waals surface area (Å²) in [5, 5.41) is 0. The molecule has 2 heterocycles. The Balaban J connectivity index is 2.12. The molecule has 0 spiro atoms. The van der Waals surface area contributed by atoms with Gasteiger partial charge in [0.2, 0.25) is 5.91 Å². The topological polar surface area (TPSA) is 55.6 Å². The van der Waals surface area contributed by atoms with Crippen LogP contribution in [0.25, 0.3) is 0 Å². The van der Waals surface area contributed by atoms with Crippen LogP contribution in [0.1, 0.15) is 39.5 Å². The van der Waals surface area contributed by atoms with Crippen LogP contribution in [-0.2, 0) is 9.53 Å². The van der Waals surface area contributed by atoms with E-state index in [0.29, 0.717) is 31.7 Å². The molecule has 0 aromatic carbocycles. The number of amides is 1. The molecule has 2 N–H and O–H groups in total. The first-order valence-electron chi connectivity index (χ1n) is 6.24. The number of likely N-dealkylation sites (tertiary alicyclic amines) is 1. The Bertz CT molecular complexity index is 264. The minimum Gasteiger partial charge on any atom is -0.379 e. The summed E-state index contributed by atoms with van der Waals surface area (Å²) in [7, 11) is 0. The first-order valence-corrected chi connectivity index (χ1v) is 6.24. The Morgan fingerprint density at radius 1 is 1.38 bits per heavy atom. The van der Waals surface area contributed by atoms with Crippen LogP contribution in [0, 0.1) is 0 Å². The highest BCUT2D eigenvalue weighted by Crippen LogP contribution is 2.27. The number of nitrogens with two attached hydrogens (primary N) is 1. The number of nitrogens with zero attached hydrogens (tertiary/aromatic N) is 1. The van der Waals surface area contributed by atoms with Crippen LogP contribution in [-0.4, -0.2) is 41.6 Å². The monoisotopic (exact) mass is 226 g/mol. The highest BCUT2D eigenvalue weighted by Gasteiger charge is 2.44. The second-order valence-electron chi connectivity index (χ2n) is 5.30. The maximum Gasteiger partial charge on any atom is 0.245 e. The van der Waals surface area contributed by atoms with Gasteiger partial charge in [0, 0.05) is 18.7 Å². The standard InChI is InChI=1S/C12H22N2O2/c1-9-4-3-5-10(2)14(9)11(15)12(13)6-7-16-8-12/h9-10H,3-8,13H2,1-2H3. The van der Waals surface area contributed by atoms with Crippen molar-refractivity contribution in [3.8, 4) is 0 Å². The molecule has 0 radical (unpaired) electrons. The number of carbonyl (C=O) groups is 1. The minimum atomic E-state index is -0.764. The summed E-state index contributed by atoms with van der Waals surface area (Å²) in [5.41, 5.74) is 5.38. The van der Waals surface area contributed by atoms with Crippen LogP contribution in [0.4, 0.5) is 0 Å². The van der Waals surface area contributed by atoms with Crippen LogP contribution < -0.4 is 5.73 Å². The number of ether oxygens (including phenoxy) is 1. The van der Waals surface area contributed by atoms with Crippen molar-refractivity contribution in [3.05, 3.63) is 0 Å². The highest BCUT2D eigenvalue weighted by atomic mass is 16.5. The Labute approximate surface area is 97.1 Å². The van der Waals surface area contributed by atoms with Crippen molar-refractivity contribution in [1.29, 1.82) is 0 Å². The molecule has 2 aliphatic rings. The number of hydrogen-bond acceptors (Lipinski definition) is 3. The van der Waals surface area contributed by atoms with Crippen molar-refractivity contribution in [2.24, 2.45) is 5.73 Å². The van der Waals surface area contributed by atoms with E-state index in [1.807, 2.05) is 4.90 Å². The fraction of sp³-hybridized carbons (Fsp3) is 0.917. The summed E-state index contributed by atoms with van der Waals surface area (Å²) >= 11 is 0. The van der Waals surface area contributed by atoms with Gasteiger partial charge in [-0.05, 0) is 39.5 Å². The van der Waals surface area contributed by atoms with Crippen LogP contribution in [0.5, 0.6) is 0 Å². The quantitative estimate of drug-likeness (QED) is 0.722. The lowest BCUT2D eigenvalue weighted by Crippen LogP contribution is -2.61. The Morgan fingerprint density at radius 2 is 2.00 bits per heavy atom. The second kappa shape index (κ2) is 4.34. The molecule has 2 aliphatic heterocycles. The first-order chi connectivity index (χ1) is 7.54. The maximum absolute atomic E-state index is 12.5. The lowest BCUT2D eigenvalue weighted by molar-refractivity contribution is -0.143. The minimum absolute atomic E-state index is 0.0877. The average molecular weight is 226 g/mol. The van der Waals surface area contributed by atoms with Gasteiger partial charge in [0.05, 0.1) is 6.61 Å². The Morgan fingerprint density at radius 3 is 2.50 bits per heavy atom. The average Bonchev–Trinajstić information content (AvgIpc) is 2.66. The molecular weight excluding hydrogens is 204 g/mol.